The first-order valence-corrected chi connectivity index (χ1v) is 14.7. The molecule has 0 aliphatic carbocycles. The van der Waals surface area contributed by atoms with Gasteiger partial charge in [-0.15, -0.1) is 10.2 Å². The summed E-state index contributed by atoms with van der Waals surface area (Å²) in [6.45, 7) is 7.54. The number of carbonyl (C=O) groups is 1. The summed E-state index contributed by atoms with van der Waals surface area (Å²) in [5.41, 5.74) is 4.75. The zero-order valence-electron chi connectivity index (χ0n) is 22.8. The topological polar surface area (TPSA) is 74.1 Å². The maximum Gasteiger partial charge on any atom is 0.162 e. The third kappa shape index (κ3) is 7.83. The lowest BCUT2D eigenvalue weighted by atomic mass is 9.99. The number of aryl methyl sites for hydroxylation is 1. The monoisotopic (exact) mass is 541 g/mol. The van der Waals surface area contributed by atoms with Crippen molar-refractivity contribution in [1.29, 1.82) is 0 Å². The van der Waals surface area contributed by atoms with Crippen molar-refractivity contribution >= 4 is 22.7 Å². The second-order valence-electron chi connectivity index (χ2n) is 9.50. The van der Waals surface area contributed by atoms with E-state index in [1.165, 1.54) is 0 Å². The Morgan fingerprint density at radius 1 is 0.974 bits per heavy atom. The molecule has 202 valence electrons. The fourth-order valence-electron chi connectivity index (χ4n) is 4.20. The summed E-state index contributed by atoms with van der Waals surface area (Å²) in [5, 5.41) is 8.05. The van der Waals surface area contributed by atoms with Crippen molar-refractivity contribution in [2.75, 3.05) is 6.61 Å². The predicted molar refractivity (Wildman–Crippen MR) is 157 cm³/mol. The molecule has 1 aromatic heterocycles. The second-order valence-corrected chi connectivity index (χ2v) is 11.0. The van der Waals surface area contributed by atoms with Gasteiger partial charge in [0.25, 0.3) is 0 Å². The maximum absolute atomic E-state index is 13.0. The summed E-state index contributed by atoms with van der Waals surface area (Å²) in [7, 11) is -1.23. The van der Waals surface area contributed by atoms with E-state index >= 15 is 0 Å². The van der Waals surface area contributed by atoms with Crippen LogP contribution < -0.4 is 4.74 Å². The van der Waals surface area contributed by atoms with Gasteiger partial charge in [0.2, 0.25) is 0 Å². The first-order chi connectivity index (χ1) is 19.0. The number of aromatic nitrogens is 3. The molecule has 1 heterocycles. The number of benzene rings is 3. The lowest BCUT2D eigenvalue weighted by Crippen LogP contribution is -2.07. The molecule has 0 unspecified atom stereocenters. The minimum absolute atomic E-state index is 0.0550. The van der Waals surface area contributed by atoms with Crippen LogP contribution in [0.25, 0.3) is 17.2 Å². The van der Waals surface area contributed by atoms with Gasteiger partial charge in [-0.25, -0.2) is 0 Å². The highest BCUT2D eigenvalue weighted by atomic mass is 32.2. The summed E-state index contributed by atoms with van der Waals surface area (Å²) >= 11 is 0. The van der Waals surface area contributed by atoms with Crippen LogP contribution in [0.1, 0.15) is 50.6 Å². The van der Waals surface area contributed by atoms with Crippen molar-refractivity contribution in [2.24, 2.45) is 0 Å². The molecular weight excluding hydrogens is 506 g/mol. The lowest BCUT2D eigenvalue weighted by molar-refractivity contribution is -0.114. The van der Waals surface area contributed by atoms with Gasteiger partial charge in [0.15, 0.2) is 5.78 Å². The molecule has 0 radical (unpaired) electrons. The first kappa shape index (κ1) is 28.2. The number of carbonyl (C=O) groups excluding carboxylic acids is 1. The van der Waals surface area contributed by atoms with Crippen LogP contribution >= 0.6 is 0 Å². The lowest BCUT2D eigenvalue weighted by Gasteiger charge is -2.08. The fourth-order valence-corrected chi connectivity index (χ4v) is 5.27. The maximum atomic E-state index is 13.0. The Labute approximate surface area is 233 Å². The van der Waals surface area contributed by atoms with Gasteiger partial charge in [-0.1, -0.05) is 56.3 Å². The minimum Gasteiger partial charge on any atom is -0.494 e. The molecule has 39 heavy (non-hydrogen) atoms. The zero-order chi connectivity index (χ0) is 27.6. The van der Waals surface area contributed by atoms with Crippen LogP contribution in [0.15, 0.2) is 89.6 Å². The Morgan fingerprint density at radius 3 is 2.46 bits per heavy atom. The van der Waals surface area contributed by atoms with Crippen LogP contribution in [-0.4, -0.2) is 31.4 Å². The Kier molecular flexibility index (Phi) is 9.97. The predicted octanol–water partition coefficient (Wildman–Crippen LogP) is 6.67. The number of ether oxygens (including phenoxy) is 1. The minimum atomic E-state index is -1.23. The van der Waals surface area contributed by atoms with Gasteiger partial charge >= 0.3 is 0 Å². The molecule has 0 aliphatic heterocycles. The van der Waals surface area contributed by atoms with Crippen molar-refractivity contribution in [2.45, 2.75) is 57.2 Å². The van der Waals surface area contributed by atoms with E-state index < -0.39 is 10.8 Å². The molecule has 0 bridgehead atoms. The zero-order valence-corrected chi connectivity index (χ0v) is 23.6. The highest BCUT2D eigenvalue weighted by Crippen LogP contribution is 2.24. The van der Waals surface area contributed by atoms with Crippen molar-refractivity contribution in [3.63, 3.8) is 0 Å². The van der Waals surface area contributed by atoms with Gasteiger partial charge in [-0.3, -0.25) is 9.00 Å². The van der Waals surface area contributed by atoms with Crippen LogP contribution in [0.4, 0.5) is 0 Å². The van der Waals surface area contributed by atoms with Crippen molar-refractivity contribution in [3.8, 4) is 16.9 Å². The third-order valence-electron chi connectivity index (χ3n) is 6.34. The molecule has 0 saturated carbocycles. The fraction of sp³-hybridized carbons (Fsp3) is 0.281. The number of nitrogens with zero attached hydrogens (tertiary/aromatic N) is 3. The Balaban J connectivity index is 1.37. The number of hydrogen-bond donors (Lipinski definition) is 0. The molecule has 0 aliphatic rings. The van der Waals surface area contributed by atoms with E-state index in [0.717, 1.165) is 53.2 Å². The summed E-state index contributed by atoms with van der Waals surface area (Å²) in [6, 6.07) is 23.7. The smallest absolute Gasteiger partial charge is 0.162 e. The van der Waals surface area contributed by atoms with Gasteiger partial charge in [0.05, 0.1) is 23.2 Å². The largest absolute Gasteiger partial charge is 0.494 e. The SMILES string of the molecule is CCCOc1ccc(-c2cccc(/C=C(\C)C(=O)Cc3ccc([S@@](=O)Cc4nncn4CCC)cc3)c2)cc1. The van der Waals surface area contributed by atoms with E-state index in [2.05, 4.69) is 48.3 Å². The normalized spacial score (nSPS) is 12.3. The van der Waals surface area contributed by atoms with Crippen LogP contribution in [-0.2, 0) is 34.3 Å². The number of ketones is 1. The summed E-state index contributed by atoms with van der Waals surface area (Å²) in [5.74, 6) is 1.96. The molecule has 3 aromatic carbocycles. The molecular formula is C32H35N3O3S. The Bertz CT molecular complexity index is 1440. The molecule has 0 spiro atoms. The van der Waals surface area contributed by atoms with E-state index in [1.54, 1.807) is 6.33 Å². The summed E-state index contributed by atoms with van der Waals surface area (Å²) in [4.78, 5) is 13.7. The second kappa shape index (κ2) is 13.8. The third-order valence-corrected chi connectivity index (χ3v) is 7.66. The summed E-state index contributed by atoms with van der Waals surface area (Å²) in [6.07, 6.45) is 5.84. The molecule has 7 heteroatoms. The van der Waals surface area contributed by atoms with Gasteiger partial charge in [0, 0.05) is 17.9 Å². The van der Waals surface area contributed by atoms with Gasteiger partial charge in [-0.2, -0.15) is 0 Å². The number of Topliss-reactive ketones (excluding diaryl/α,β-unsaturated/α-hetero) is 1. The Morgan fingerprint density at radius 2 is 1.74 bits per heavy atom. The number of allylic oxidation sites excluding steroid dienone is 1. The highest BCUT2D eigenvalue weighted by Gasteiger charge is 2.12. The van der Waals surface area contributed by atoms with Gasteiger partial charge in [0.1, 0.15) is 17.9 Å². The van der Waals surface area contributed by atoms with Crippen LogP contribution in [0, 0.1) is 0 Å². The molecule has 0 fully saturated rings. The molecule has 4 rings (SSSR count). The molecule has 1 atom stereocenters. The van der Waals surface area contributed by atoms with Gasteiger partial charge < -0.3 is 9.30 Å². The van der Waals surface area contributed by atoms with E-state index in [9.17, 15) is 9.00 Å². The van der Waals surface area contributed by atoms with Crippen molar-refractivity contribution in [3.05, 3.63) is 102 Å². The number of rotatable bonds is 13. The van der Waals surface area contributed by atoms with Crippen LogP contribution in [0.5, 0.6) is 5.75 Å². The van der Waals surface area contributed by atoms with Crippen LogP contribution in [0.2, 0.25) is 0 Å². The standard InChI is InChI=1S/C32H35N3O3S/c1-4-17-35-23-33-34-32(35)22-39(37)30-15-9-25(10-16-30)21-31(36)24(3)19-26-7-6-8-28(20-26)27-11-13-29(14-12-27)38-18-5-2/h6-16,19-20,23H,4-5,17-18,21-22H2,1-3H3/b24-19+/t39-/m0/s1. The molecule has 0 saturated heterocycles. The Hall–Kier alpha value is -3.84. The molecule has 0 N–H and O–H groups in total. The molecule has 6 nitrogen and oxygen atoms in total. The van der Waals surface area contributed by atoms with Crippen LogP contribution in [0.3, 0.4) is 0 Å². The average Bonchev–Trinajstić information content (AvgIpc) is 3.39. The molecule has 4 aromatic rings. The quantitative estimate of drug-likeness (QED) is 0.177. The molecule has 0 amide bonds. The number of hydrogen-bond acceptors (Lipinski definition) is 5. The van der Waals surface area contributed by atoms with E-state index in [1.807, 2.05) is 66.1 Å². The first-order valence-electron chi connectivity index (χ1n) is 13.4. The van der Waals surface area contributed by atoms with Crippen molar-refractivity contribution < 1.29 is 13.7 Å². The average molecular weight is 542 g/mol. The van der Waals surface area contributed by atoms with Gasteiger partial charge in [-0.05, 0) is 84.0 Å². The van der Waals surface area contributed by atoms with Crippen molar-refractivity contribution in [1.82, 2.24) is 14.8 Å². The van der Waals surface area contributed by atoms with E-state index in [-0.39, 0.29) is 5.78 Å². The van der Waals surface area contributed by atoms with E-state index in [0.29, 0.717) is 29.2 Å². The van der Waals surface area contributed by atoms with E-state index in [4.69, 9.17) is 4.74 Å². The summed E-state index contributed by atoms with van der Waals surface area (Å²) < 4.78 is 20.5. The highest BCUT2D eigenvalue weighted by molar-refractivity contribution is 7.84.